The van der Waals surface area contributed by atoms with Crippen molar-refractivity contribution < 1.29 is 24.9 Å². The summed E-state index contributed by atoms with van der Waals surface area (Å²) in [5.74, 6) is -1.76. The van der Waals surface area contributed by atoms with Gasteiger partial charge in [-0.3, -0.25) is 4.79 Å². The highest BCUT2D eigenvalue weighted by Crippen LogP contribution is 2.34. The zero-order valence-electron chi connectivity index (χ0n) is 10.8. The number of phenols is 2. The molecule has 1 aromatic carbocycles. The van der Waals surface area contributed by atoms with Gasteiger partial charge in [-0.25, -0.2) is 4.79 Å². The van der Waals surface area contributed by atoms with Crippen LogP contribution in [0.25, 0.3) is 0 Å². The maximum Gasteiger partial charge on any atom is 0.327 e. The third-order valence-corrected chi connectivity index (χ3v) is 4.63. The number of benzene rings is 1. The number of carbonyl (C=O) groups is 2. The number of rotatable bonds is 3. The minimum absolute atomic E-state index is 0.0859. The van der Waals surface area contributed by atoms with Crippen molar-refractivity contribution in [3.63, 3.8) is 0 Å². The van der Waals surface area contributed by atoms with E-state index < -0.39 is 17.9 Å². The molecule has 0 spiro atoms. The molecule has 1 heterocycles. The molecule has 1 aliphatic heterocycles. The Hall–Kier alpha value is -1.89. The number of carboxylic acid groups (broad SMARTS) is 1. The molecule has 6 nitrogen and oxygen atoms in total. The zero-order valence-corrected chi connectivity index (χ0v) is 11.6. The van der Waals surface area contributed by atoms with Gasteiger partial charge in [0.15, 0.2) is 0 Å². The van der Waals surface area contributed by atoms with Crippen molar-refractivity contribution in [2.24, 2.45) is 0 Å². The standard InChI is InChI=1S/C13H15NO5S/c1-2-11-14(9(6-20-11)13(18)19)12(17)8-5-7(15)3-4-10(8)16/h3-5,9,11,15-16H,2,6H2,1H3,(H,18,19). The number of hydrogen-bond donors (Lipinski definition) is 3. The monoisotopic (exact) mass is 297 g/mol. The minimum Gasteiger partial charge on any atom is -0.508 e. The number of aliphatic carboxylic acids is 1. The molecule has 7 heteroatoms. The molecular formula is C13H15NO5S. The molecule has 0 radical (unpaired) electrons. The Morgan fingerprint density at radius 2 is 2.10 bits per heavy atom. The molecule has 1 fully saturated rings. The van der Waals surface area contributed by atoms with E-state index in [2.05, 4.69) is 0 Å². The van der Waals surface area contributed by atoms with Crippen molar-refractivity contribution >= 4 is 23.6 Å². The average Bonchev–Trinajstić information content (AvgIpc) is 2.84. The van der Waals surface area contributed by atoms with Crippen LogP contribution in [0.4, 0.5) is 0 Å². The fourth-order valence-corrected chi connectivity index (χ4v) is 3.52. The van der Waals surface area contributed by atoms with Crippen LogP contribution in [0.15, 0.2) is 18.2 Å². The molecule has 20 heavy (non-hydrogen) atoms. The van der Waals surface area contributed by atoms with E-state index in [0.29, 0.717) is 12.2 Å². The Balaban J connectivity index is 2.38. The van der Waals surface area contributed by atoms with Crippen LogP contribution in [0.1, 0.15) is 23.7 Å². The first-order chi connectivity index (χ1) is 9.45. The highest BCUT2D eigenvalue weighted by Gasteiger charge is 2.41. The summed E-state index contributed by atoms with van der Waals surface area (Å²) in [6.07, 6.45) is 0.611. The van der Waals surface area contributed by atoms with E-state index in [1.54, 1.807) is 0 Å². The lowest BCUT2D eigenvalue weighted by molar-refractivity contribution is -0.141. The predicted molar refractivity (Wildman–Crippen MR) is 73.9 cm³/mol. The van der Waals surface area contributed by atoms with E-state index in [0.717, 1.165) is 6.07 Å². The van der Waals surface area contributed by atoms with Gasteiger partial charge in [0.2, 0.25) is 0 Å². The second-order valence-corrected chi connectivity index (χ2v) is 5.67. The molecule has 2 atom stereocenters. The number of phenolic OH excluding ortho intramolecular Hbond substituents is 2. The van der Waals surface area contributed by atoms with Crippen LogP contribution in [-0.4, -0.2) is 49.3 Å². The highest BCUT2D eigenvalue weighted by atomic mass is 32.2. The number of nitrogens with zero attached hydrogens (tertiary/aromatic N) is 1. The molecule has 3 N–H and O–H groups in total. The minimum atomic E-state index is -1.07. The molecule has 1 saturated heterocycles. The van der Waals surface area contributed by atoms with Crippen molar-refractivity contribution in [1.82, 2.24) is 4.90 Å². The lowest BCUT2D eigenvalue weighted by Gasteiger charge is -2.27. The summed E-state index contributed by atoms with van der Waals surface area (Å²) in [5.41, 5.74) is -0.0859. The van der Waals surface area contributed by atoms with Gasteiger partial charge in [0.1, 0.15) is 17.5 Å². The van der Waals surface area contributed by atoms with Crippen molar-refractivity contribution in [1.29, 1.82) is 0 Å². The molecule has 0 bridgehead atoms. The van der Waals surface area contributed by atoms with Crippen LogP contribution in [0, 0.1) is 0 Å². The number of hydrogen-bond acceptors (Lipinski definition) is 5. The largest absolute Gasteiger partial charge is 0.508 e. The van der Waals surface area contributed by atoms with Gasteiger partial charge in [-0.2, -0.15) is 0 Å². The molecule has 2 rings (SSSR count). The maximum absolute atomic E-state index is 12.5. The summed E-state index contributed by atoms with van der Waals surface area (Å²) >= 11 is 1.40. The van der Waals surface area contributed by atoms with Crippen molar-refractivity contribution in [3.05, 3.63) is 23.8 Å². The first-order valence-corrected chi connectivity index (χ1v) is 7.19. The van der Waals surface area contributed by atoms with Crippen LogP contribution in [-0.2, 0) is 4.79 Å². The van der Waals surface area contributed by atoms with Gasteiger partial charge >= 0.3 is 5.97 Å². The SMILES string of the molecule is CCC1SCC(C(=O)O)N1C(=O)c1cc(O)ccc1O. The summed E-state index contributed by atoms with van der Waals surface area (Å²) in [7, 11) is 0. The van der Waals surface area contributed by atoms with Crippen LogP contribution in [0.2, 0.25) is 0 Å². The van der Waals surface area contributed by atoms with Gasteiger partial charge in [0, 0.05) is 5.75 Å². The summed E-state index contributed by atoms with van der Waals surface area (Å²) in [5, 5.41) is 28.1. The lowest BCUT2D eigenvalue weighted by atomic mass is 10.1. The molecular weight excluding hydrogens is 282 g/mol. The number of amides is 1. The lowest BCUT2D eigenvalue weighted by Crippen LogP contribution is -2.45. The summed E-state index contributed by atoms with van der Waals surface area (Å²) in [6, 6.07) is 2.70. The normalized spacial score (nSPS) is 21.9. The van der Waals surface area contributed by atoms with Crippen LogP contribution < -0.4 is 0 Å². The third-order valence-electron chi connectivity index (χ3n) is 3.17. The topological polar surface area (TPSA) is 98.1 Å². The fraction of sp³-hybridized carbons (Fsp3) is 0.385. The quantitative estimate of drug-likeness (QED) is 0.731. The summed E-state index contributed by atoms with van der Waals surface area (Å²) in [6.45, 7) is 1.87. The van der Waals surface area contributed by atoms with Gasteiger partial charge in [-0.15, -0.1) is 11.8 Å². The second kappa shape index (κ2) is 5.62. The van der Waals surface area contributed by atoms with Crippen molar-refractivity contribution in [3.8, 4) is 11.5 Å². The Labute approximate surface area is 120 Å². The van der Waals surface area contributed by atoms with E-state index in [4.69, 9.17) is 0 Å². The predicted octanol–water partition coefficient (Wildman–Crippen LogP) is 1.48. The average molecular weight is 297 g/mol. The van der Waals surface area contributed by atoms with Gasteiger partial charge < -0.3 is 20.2 Å². The zero-order chi connectivity index (χ0) is 14.9. The Kier molecular flexibility index (Phi) is 4.08. The van der Waals surface area contributed by atoms with Crippen LogP contribution >= 0.6 is 11.8 Å². The Morgan fingerprint density at radius 3 is 2.70 bits per heavy atom. The van der Waals surface area contributed by atoms with E-state index in [1.807, 2.05) is 6.92 Å². The fourth-order valence-electron chi connectivity index (χ4n) is 2.18. The first-order valence-electron chi connectivity index (χ1n) is 6.14. The van der Waals surface area contributed by atoms with E-state index >= 15 is 0 Å². The first kappa shape index (κ1) is 14.5. The van der Waals surface area contributed by atoms with E-state index in [-0.39, 0.29) is 22.4 Å². The van der Waals surface area contributed by atoms with Gasteiger partial charge in [-0.1, -0.05) is 6.92 Å². The molecule has 1 amide bonds. The van der Waals surface area contributed by atoms with Gasteiger partial charge in [0.25, 0.3) is 5.91 Å². The molecule has 1 aliphatic rings. The van der Waals surface area contributed by atoms with E-state index in [1.165, 1.54) is 28.8 Å². The summed E-state index contributed by atoms with van der Waals surface area (Å²) < 4.78 is 0. The molecule has 0 aromatic heterocycles. The second-order valence-electron chi connectivity index (χ2n) is 4.46. The Bertz CT molecular complexity index is 548. The summed E-state index contributed by atoms with van der Waals surface area (Å²) in [4.78, 5) is 25.0. The van der Waals surface area contributed by atoms with Crippen LogP contribution in [0.5, 0.6) is 11.5 Å². The molecule has 0 saturated carbocycles. The van der Waals surface area contributed by atoms with Crippen molar-refractivity contribution in [2.75, 3.05) is 5.75 Å². The van der Waals surface area contributed by atoms with Gasteiger partial charge in [-0.05, 0) is 24.6 Å². The number of thioether (sulfide) groups is 1. The third kappa shape index (κ3) is 2.53. The van der Waals surface area contributed by atoms with Crippen molar-refractivity contribution in [2.45, 2.75) is 24.8 Å². The molecule has 1 aromatic rings. The maximum atomic E-state index is 12.5. The number of aromatic hydroxyl groups is 2. The Morgan fingerprint density at radius 1 is 1.40 bits per heavy atom. The van der Waals surface area contributed by atoms with Crippen LogP contribution in [0.3, 0.4) is 0 Å². The van der Waals surface area contributed by atoms with E-state index in [9.17, 15) is 24.9 Å². The number of carbonyl (C=O) groups excluding carboxylic acids is 1. The highest BCUT2D eigenvalue weighted by molar-refractivity contribution is 8.00. The number of carboxylic acids is 1. The molecule has 0 aliphatic carbocycles. The molecule has 108 valence electrons. The van der Waals surface area contributed by atoms with Gasteiger partial charge in [0.05, 0.1) is 10.9 Å². The molecule has 2 unspecified atom stereocenters. The smallest absolute Gasteiger partial charge is 0.327 e.